The molecular weight excluding hydrogens is 458 g/mol. The number of nitrogens with zero attached hydrogens (tertiary/aromatic N) is 3. The largest absolute Gasteiger partial charge is 0.472 e. The molecule has 7 nitrogen and oxygen atoms in total. The Morgan fingerprint density at radius 3 is 2.45 bits per heavy atom. The summed E-state index contributed by atoms with van der Waals surface area (Å²) in [5.74, 6) is 0.411. The molecule has 4 rings (SSSR count). The number of carbonyl (C=O) groups is 1. The summed E-state index contributed by atoms with van der Waals surface area (Å²) in [6.45, 7) is 2.19. The Kier molecular flexibility index (Phi) is 5.89. The van der Waals surface area contributed by atoms with Gasteiger partial charge in [0, 0.05) is 48.4 Å². The van der Waals surface area contributed by atoms with Gasteiger partial charge in [-0.05, 0) is 59.1 Å². The maximum atomic E-state index is 12.8. The number of aromatic nitrogens is 1. The molecule has 2 aromatic rings. The van der Waals surface area contributed by atoms with Crippen LogP contribution in [0, 0.1) is 0 Å². The van der Waals surface area contributed by atoms with Crippen molar-refractivity contribution in [1.29, 1.82) is 0 Å². The van der Waals surface area contributed by atoms with E-state index in [-0.39, 0.29) is 16.9 Å². The Bertz CT molecular complexity index is 974. The molecule has 0 saturated carbocycles. The summed E-state index contributed by atoms with van der Waals surface area (Å²) in [6, 6.07) is 9.88. The number of amides is 1. The molecule has 0 radical (unpaired) electrons. The third-order valence-electron chi connectivity index (χ3n) is 5.22. The van der Waals surface area contributed by atoms with Crippen molar-refractivity contribution in [3.8, 4) is 5.88 Å². The van der Waals surface area contributed by atoms with E-state index in [1.165, 1.54) is 16.4 Å². The molecule has 1 atom stereocenters. The minimum atomic E-state index is -3.47. The Morgan fingerprint density at radius 1 is 1.07 bits per heavy atom. The summed E-state index contributed by atoms with van der Waals surface area (Å²) in [4.78, 5) is 19.0. The van der Waals surface area contributed by atoms with Crippen molar-refractivity contribution in [2.45, 2.75) is 30.3 Å². The molecule has 1 aromatic carbocycles. The van der Waals surface area contributed by atoms with Gasteiger partial charge in [-0.25, -0.2) is 13.4 Å². The first-order valence-corrected chi connectivity index (χ1v) is 11.8. The molecule has 1 aromatic heterocycles. The topological polar surface area (TPSA) is 79.8 Å². The standard InChI is InChI=1S/C20H22BrN3O4S/c21-16-5-8-19(22-13-16)28-17-9-12-23(14-17)20(25)15-3-6-18(7-4-15)29(26,27)24-10-1-2-11-24/h3-8,13,17H,1-2,9-12,14H2. The third-order valence-corrected chi connectivity index (χ3v) is 7.61. The lowest BCUT2D eigenvalue weighted by Gasteiger charge is -2.18. The normalized spacial score (nSPS) is 20.2. The highest BCUT2D eigenvalue weighted by molar-refractivity contribution is 9.10. The van der Waals surface area contributed by atoms with Gasteiger partial charge in [0.1, 0.15) is 6.10 Å². The van der Waals surface area contributed by atoms with Gasteiger partial charge in [-0.2, -0.15) is 4.31 Å². The lowest BCUT2D eigenvalue weighted by Crippen LogP contribution is -2.31. The zero-order valence-corrected chi connectivity index (χ0v) is 18.2. The number of pyridine rings is 1. The number of benzene rings is 1. The number of sulfonamides is 1. The van der Waals surface area contributed by atoms with Crippen LogP contribution in [0.25, 0.3) is 0 Å². The molecule has 0 bridgehead atoms. The molecule has 1 amide bonds. The molecule has 29 heavy (non-hydrogen) atoms. The Hall–Kier alpha value is -1.97. The molecule has 3 heterocycles. The Morgan fingerprint density at radius 2 is 1.79 bits per heavy atom. The van der Waals surface area contributed by atoms with Crippen molar-refractivity contribution in [2.75, 3.05) is 26.2 Å². The summed E-state index contributed by atoms with van der Waals surface area (Å²) < 4.78 is 33.5. The van der Waals surface area contributed by atoms with E-state index in [2.05, 4.69) is 20.9 Å². The maximum absolute atomic E-state index is 12.8. The molecular formula is C20H22BrN3O4S. The number of rotatable bonds is 5. The minimum absolute atomic E-state index is 0.109. The van der Waals surface area contributed by atoms with Crippen molar-refractivity contribution < 1.29 is 17.9 Å². The number of carbonyl (C=O) groups excluding carboxylic acids is 1. The molecule has 2 fully saturated rings. The van der Waals surface area contributed by atoms with Crippen LogP contribution in [-0.4, -0.2) is 60.8 Å². The van der Waals surface area contributed by atoms with Gasteiger partial charge in [0.05, 0.1) is 11.4 Å². The highest BCUT2D eigenvalue weighted by Crippen LogP contribution is 2.23. The molecule has 2 aliphatic rings. The van der Waals surface area contributed by atoms with Gasteiger partial charge in [-0.15, -0.1) is 0 Å². The van der Waals surface area contributed by atoms with E-state index in [1.807, 2.05) is 6.07 Å². The number of hydrogen-bond acceptors (Lipinski definition) is 5. The summed E-state index contributed by atoms with van der Waals surface area (Å²) in [6.07, 6.45) is 4.08. The molecule has 0 aliphatic carbocycles. The van der Waals surface area contributed by atoms with Crippen LogP contribution >= 0.6 is 15.9 Å². The third kappa shape index (κ3) is 4.46. The first-order valence-electron chi connectivity index (χ1n) is 9.61. The van der Waals surface area contributed by atoms with Crippen molar-refractivity contribution in [2.24, 2.45) is 0 Å². The molecule has 0 spiro atoms. The Balaban J connectivity index is 1.39. The van der Waals surface area contributed by atoms with E-state index in [0.29, 0.717) is 37.6 Å². The first-order chi connectivity index (χ1) is 13.9. The van der Waals surface area contributed by atoms with Crippen LogP contribution in [0.2, 0.25) is 0 Å². The van der Waals surface area contributed by atoms with E-state index in [9.17, 15) is 13.2 Å². The predicted molar refractivity (Wildman–Crippen MR) is 111 cm³/mol. The van der Waals surface area contributed by atoms with Crippen LogP contribution in [0.5, 0.6) is 5.88 Å². The second kappa shape index (κ2) is 8.41. The van der Waals surface area contributed by atoms with Gasteiger partial charge in [0.2, 0.25) is 15.9 Å². The highest BCUT2D eigenvalue weighted by Gasteiger charge is 2.30. The van der Waals surface area contributed by atoms with Crippen LogP contribution in [-0.2, 0) is 10.0 Å². The molecule has 2 aliphatic heterocycles. The first kappa shape index (κ1) is 20.3. The fraction of sp³-hybridized carbons (Fsp3) is 0.400. The lowest BCUT2D eigenvalue weighted by atomic mass is 10.2. The average molecular weight is 480 g/mol. The van der Waals surface area contributed by atoms with E-state index >= 15 is 0 Å². The second-order valence-corrected chi connectivity index (χ2v) is 10.1. The highest BCUT2D eigenvalue weighted by atomic mass is 79.9. The predicted octanol–water partition coefficient (Wildman–Crippen LogP) is 2.92. The van der Waals surface area contributed by atoms with Crippen LogP contribution in [0.15, 0.2) is 52.0 Å². The molecule has 9 heteroatoms. The zero-order valence-electron chi connectivity index (χ0n) is 15.8. The molecule has 2 saturated heterocycles. The van der Waals surface area contributed by atoms with E-state index in [1.54, 1.807) is 29.3 Å². The van der Waals surface area contributed by atoms with E-state index in [0.717, 1.165) is 23.7 Å². The van der Waals surface area contributed by atoms with Gasteiger partial charge in [0.15, 0.2) is 0 Å². The Labute approximate surface area is 178 Å². The van der Waals surface area contributed by atoms with Gasteiger partial charge >= 0.3 is 0 Å². The van der Waals surface area contributed by atoms with Crippen molar-refractivity contribution >= 4 is 31.9 Å². The quantitative estimate of drug-likeness (QED) is 0.658. The zero-order chi connectivity index (χ0) is 20.4. The smallest absolute Gasteiger partial charge is 0.253 e. The lowest BCUT2D eigenvalue weighted by molar-refractivity contribution is 0.0771. The van der Waals surface area contributed by atoms with Crippen molar-refractivity contribution in [3.05, 3.63) is 52.6 Å². The summed E-state index contributed by atoms with van der Waals surface area (Å²) in [5, 5.41) is 0. The number of likely N-dealkylation sites (tertiary alicyclic amines) is 1. The number of halogens is 1. The molecule has 154 valence electrons. The molecule has 1 unspecified atom stereocenters. The average Bonchev–Trinajstić information content (AvgIpc) is 3.42. The van der Waals surface area contributed by atoms with Gasteiger partial charge in [0.25, 0.3) is 5.91 Å². The monoisotopic (exact) mass is 479 g/mol. The van der Waals surface area contributed by atoms with Gasteiger partial charge in [-0.1, -0.05) is 0 Å². The number of ether oxygens (including phenoxy) is 1. The molecule has 0 N–H and O–H groups in total. The number of hydrogen-bond donors (Lipinski definition) is 0. The fourth-order valence-electron chi connectivity index (χ4n) is 3.64. The fourth-order valence-corrected chi connectivity index (χ4v) is 5.39. The van der Waals surface area contributed by atoms with Gasteiger partial charge < -0.3 is 9.64 Å². The summed E-state index contributed by atoms with van der Waals surface area (Å²) in [5.41, 5.74) is 0.479. The summed E-state index contributed by atoms with van der Waals surface area (Å²) >= 11 is 3.34. The van der Waals surface area contributed by atoms with E-state index in [4.69, 9.17) is 4.74 Å². The van der Waals surface area contributed by atoms with Crippen LogP contribution < -0.4 is 4.74 Å². The van der Waals surface area contributed by atoms with Crippen molar-refractivity contribution in [3.63, 3.8) is 0 Å². The van der Waals surface area contributed by atoms with E-state index < -0.39 is 10.0 Å². The minimum Gasteiger partial charge on any atom is -0.472 e. The van der Waals surface area contributed by atoms with Crippen LogP contribution in [0.3, 0.4) is 0 Å². The van der Waals surface area contributed by atoms with Crippen molar-refractivity contribution in [1.82, 2.24) is 14.2 Å². The van der Waals surface area contributed by atoms with Crippen LogP contribution in [0.4, 0.5) is 0 Å². The maximum Gasteiger partial charge on any atom is 0.253 e. The second-order valence-electron chi connectivity index (χ2n) is 7.23. The van der Waals surface area contributed by atoms with Gasteiger partial charge in [-0.3, -0.25) is 4.79 Å². The van der Waals surface area contributed by atoms with Crippen LogP contribution in [0.1, 0.15) is 29.6 Å². The summed E-state index contributed by atoms with van der Waals surface area (Å²) in [7, 11) is -3.47. The SMILES string of the molecule is O=C(c1ccc(S(=O)(=O)N2CCCC2)cc1)N1CCC(Oc2ccc(Br)cn2)C1.